The predicted octanol–water partition coefficient (Wildman–Crippen LogP) is 0.337. The number of carbonyl (C=O) groups excluding carboxylic acids is 2. The Morgan fingerprint density at radius 2 is 2.12 bits per heavy atom. The van der Waals surface area contributed by atoms with Crippen molar-refractivity contribution in [3.63, 3.8) is 0 Å². The van der Waals surface area contributed by atoms with Crippen LogP contribution in [0.3, 0.4) is 0 Å². The molecule has 1 aliphatic rings. The van der Waals surface area contributed by atoms with E-state index in [0.717, 1.165) is 6.08 Å². The smallest absolute Gasteiger partial charge is 0.331 e. The first kappa shape index (κ1) is 13.7. The summed E-state index contributed by atoms with van der Waals surface area (Å²) in [7, 11) is 4.59. The Bertz CT molecular complexity index is 441. The summed E-state index contributed by atoms with van der Waals surface area (Å²) in [5.74, 6) is -0.836. The molecule has 92 valence electrons. The number of ether oxygens (including phenoxy) is 1. The first-order chi connectivity index (χ1) is 8.04. The zero-order valence-corrected chi connectivity index (χ0v) is 11.3. The molecule has 0 saturated carbocycles. The molecule has 0 saturated heterocycles. The fourth-order valence-electron chi connectivity index (χ4n) is 1.20. The molecule has 0 radical (unpaired) electrons. The van der Waals surface area contributed by atoms with Crippen molar-refractivity contribution in [2.75, 3.05) is 21.2 Å². The highest BCUT2D eigenvalue weighted by atomic mass is 32.2. The fraction of sp³-hybridized carbons (Fsp3) is 0.300. The van der Waals surface area contributed by atoms with Gasteiger partial charge in [0.15, 0.2) is 0 Å². The number of rotatable bonds is 3. The number of carbonyl (C=O) groups is 2. The molecule has 17 heavy (non-hydrogen) atoms. The Kier molecular flexibility index (Phi) is 4.71. The molecule has 1 rings (SSSR count). The Hall–Kier alpha value is -1.34. The first-order valence-electron chi connectivity index (χ1n) is 4.71. The number of hydrogen-bond donors (Lipinski definition) is 2. The van der Waals surface area contributed by atoms with Gasteiger partial charge in [0.1, 0.15) is 4.99 Å². The van der Waals surface area contributed by atoms with Crippen molar-refractivity contribution >= 4 is 40.7 Å². The molecule has 0 aromatic heterocycles. The minimum absolute atomic E-state index is 0.274. The molecule has 0 bridgehead atoms. The molecule has 7 heteroatoms. The lowest BCUT2D eigenvalue weighted by atomic mass is 10.1. The van der Waals surface area contributed by atoms with Crippen molar-refractivity contribution in [1.82, 2.24) is 10.6 Å². The fourth-order valence-corrected chi connectivity index (χ4v) is 2.43. The van der Waals surface area contributed by atoms with E-state index in [1.807, 2.05) is 0 Å². The van der Waals surface area contributed by atoms with E-state index in [0.29, 0.717) is 20.5 Å². The average molecular weight is 272 g/mol. The highest BCUT2D eigenvalue weighted by Crippen LogP contribution is 2.36. The molecule has 0 unspecified atom stereocenters. The molecule has 1 aliphatic heterocycles. The van der Waals surface area contributed by atoms with Crippen LogP contribution in [0.1, 0.15) is 0 Å². The van der Waals surface area contributed by atoms with Crippen LogP contribution in [0.2, 0.25) is 0 Å². The second-order valence-electron chi connectivity index (χ2n) is 3.00. The molecule has 2 N–H and O–H groups in total. The highest BCUT2D eigenvalue weighted by Gasteiger charge is 2.31. The summed E-state index contributed by atoms with van der Waals surface area (Å²) >= 11 is 6.21. The molecule has 0 fully saturated rings. The lowest BCUT2D eigenvalue weighted by Gasteiger charge is -2.04. The minimum atomic E-state index is -0.562. The molecule has 0 aromatic rings. The molecule has 1 heterocycles. The van der Waals surface area contributed by atoms with Gasteiger partial charge >= 0.3 is 5.97 Å². The first-order valence-corrected chi connectivity index (χ1v) is 5.94. The second-order valence-corrected chi connectivity index (χ2v) is 4.46. The van der Waals surface area contributed by atoms with Gasteiger partial charge in [0.25, 0.3) is 0 Å². The van der Waals surface area contributed by atoms with Crippen LogP contribution in [-0.4, -0.2) is 37.9 Å². The summed E-state index contributed by atoms with van der Waals surface area (Å²) in [6.07, 6.45) is 1.16. The van der Waals surface area contributed by atoms with Gasteiger partial charge in [-0.2, -0.15) is 0 Å². The average Bonchev–Trinajstić information content (AvgIpc) is 2.65. The Morgan fingerprint density at radius 1 is 1.47 bits per heavy atom. The summed E-state index contributed by atoms with van der Waals surface area (Å²) in [5.41, 5.74) is 0.380. The third-order valence-electron chi connectivity index (χ3n) is 2.02. The monoisotopic (exact) mass is 272 g/mol. The quantitative estimate of drug-likeness (QED) is 0.436. The van der Waals surface area contributed by atoms with Crippen LogP contribution in [-0.2, 0) is 14.3 Å². The van der Waals surface area contributed by atoms with Gasteiger partial charge in [-0.15, -0.1) is 0 Å². The van der Waals surface area contributed by atoms with Crippen LogP contribution in [0.4, 0.5) is 0 Å². The van der Waals surface area contributed by atoms with E-state index in [1.165, 1.54) is 18.9 Å². The van der Waals surface area contributed by atoms with Gasteiger partial charge < -0.3 is 15.4 Å². The zero-order valence-electron chi connectivity index (χ0n) is 9.62. The maximum atomic E-state index is 12.0. The van der Waals surface area contributed by atoms with Crippen LogP contribution < -0.4 is 10.6 Å². The number of esters is 1. The molecule has 0 amide bonds. The topological polar surface area (TPSA) is 67.4 Å². The number of hydrogen-bond acceptors (Lipinski definition) is 6. The number of likely N-dealkylation sites (N-methyl/N-ethyl adjacent to an activating group) is 1. The van der Waals surface area contributed by atoms with Gasteiger partial charge in [-0.25, -0.2) is 4.79 Å². The molecule has 0 aliphatic carbocycles. The number of Topliss-reactive ketones (excluding diaryl/α,β-unsaturated/α-hetero) is 1. The van der Waals surface area contributed by atoms with E-state index in [9.17, 15) is 9.59 Å². The SMILES string of the molecule is CNC(=S)C1=C(NC)S/C(=C\C(=O)OC)C1=O. The van der Waals surface area contributed by atoms with Gasteiger partial charge in [-0.1, -0.05) is 24.0 Å². The number of allylic oxidation sites excluding steroid dienone is 1. The Morgan fingerprint density at radius 3 is 2.59 bits per heavy atom. The third kappa shape index (κ3) is 2.86. The van der Waals surface area contributed by atoms with Crippen LogP contribution >= 0.6 is 24.0 Å². The van der Waals surface area contributed by atoms with E-state index in [4.69, 9.17) is 12.2 Å². The maximum Gasteiger partial charge on any atom is 0.331 e. The number of thiocarbonyl (C=S) groups is 1. The molecule has 0 atom stereocenters. The highest BCUT2D eigenvalue weighted by molar-refractivity contribution is 8.08. The van der Waals surface area contributed by atoms with Crippen LogP contribution in [0.15, 0.2) is 21.6 Å². The van der Waals surface area contributed by atoms with Crippen LogP contribution in [0, 0.1) is 0 Å². The van der Waals surface area contributed by atoms with Crippen molar-refractivity contribution in [2.45, 2.75) is 0 Å². The lowest BCUT2D eigenvalue weighted by molar-refractivity contribution is -0.135. The Balaban J connectivity index is 3.06. The summed E-state index contributed by atoms with van der Waals surface area (Å²) in [6, 6.07) is 0. The summed E-state index contributed by atoms with van der Waals surface area (Å²) < 4.78 is 4.48. The van der Waals surface area contributed by atoms with Gasteiger partial charge in [-0.3, -0.25) is 4.79 Å². The standard InChI is InChI=1S/C10H12N2O3S2/c1-11-9(16)7-8(14)5(4-6(13)15-3)17-10(7)12-2/h4,12H,1-3H3,(H,11,16)/b5-4-. The minimum Gasteiger partial charge on any atom is -0.466 e. The number of nitrogens with one attached hydrogen (secondary N) is 2. The van der Waals surface area contributed by atoms with Crippen molar-refractivity contribution in [1.29, 1.82) is 0 Å². The van der Waals surface area contributed by atoms with Crippen LogP contribution in [0.25, 0.3) is 0 Å². The zero-order chi connectivity index (χ0) is 13.0. The van der Waals surface area contributed by atoms with Crippen molar-refractivity contribution in [2.24, 2.45) is 0 Å². The third-order valence-corrected chi connectivity index (χ3v) is 3.57. The van der Waals surface area contributed by atoms with Gasteiger partial charge in [-0.05, 0) is 0 Å². The van der Waals surface area contributed by atoms with Crippen molar-refractivity contribution in [3.05, 3.63) is 21.6 Å². The maximum absolute atomic E-state index is 12.0. The van der Waals surface area contributed by atoms with Crippen LogP contribution in [0.5, 0.6) is 0 Å². The molecular formula is C10H12N2O3S2. The van der Waals surface area contributed by atoms with E-state index < -0.39 is 5.97 Å². The molecular weight excluding hydrogens is 260 g/mol. The van der Waals surface area contributed by atoms with E-state index in [2.05, 4.69) is 15.4 Å². The Labute approximate surface area is 109 Å². The van der Waals surface area contributed by atoms with E-state index >= 15 is 0 Å². The van der Waals surface area contributed by atoms with Gasteiger partial charge in [0.05, 0.1) is 22.6 Å². The second kappa shape index (κ2) is 5.83. The van der Waals surface area contributed by atoms with Crippen molar-refractivity contribution < 1.29 is 14.3 Å². The summed E-state index contributed by atoms with van der Waals surface area (Å²) in [4.78, 5) is 23.8. The lowest BCUT2D eigenvalue weighted by Crippen LogP contribution is -2.24. The van der Waals surface area contributed by atoms with Gasteiger partial charge in [0.2, 0.25) is 5.78 Å². The summed E-state index contributed by atoms with van der Waals surface area (Å²) in [6.45, 7) is 0. The number of methoxy groups -OCH3 is 1. The predicted molar refractivity (Wildman–Crippen MR) is 70.4 cm³/mol. The summed E-state index contributed by atoms with van der Waals surface area (Å²) in [5, 5.41) is 6.26. The van der Waals surface area contributed by atoms with Crippen molar-refractivity contribution in [3.8, 4) is 0 Å². The molecule has 0 aromatic carbocycles. The number of ketones is 1. The molecule has 5 nitrogen and oxygen atoms in total. The largest absolute Gasteiger partial charge is 0.466 e. The van der Waals surface area contributed by atoms with E-state index in [1.54, 1.807) is 14.1 Å². The van der Waals surface area contributed by atoms with Gasteiger partial charge in [0, 0.05) is 20.2 Å². The normalized spacial score (nSPS) is 17.4. The van der Waals surface area contributed by atoms with E-state index in [-0.39, 0.29) is 5.78 Å². The molecule has 0 spiro atoms. The number of thioether (sulfide) groups is 1.